The number of carbonyl (C=O) groups excluding carboxylic acids is 2. The Bertz CT molecular complexity index is 769. The van der Waals surface area contributed by atoms with Gasteiger partial charge in [0.1, 0.15) is 0 Å². The third-order valence-electron chi connectivity index (χ3n) is 12.3. The predicted molar refractivity (Wildman–Crippen MR) is 203 cm³/mol. The first-order chi connectivity index (χ1) is 22.9. The number of nitrogens with two attached hydrogens (primary N) is 1. The van der Waals surface area contributed by atoms with Crippen molar-refractivity contribution in [1.82, 2.24) is 5.32 Å². The molecule has 4 nitrogen and oxygen atoms in total. The van der Waals surface area contributed by atoms with Gasteiger partial charge in [-0.3, -0.25) is 9.59 Å². The van der Waals surface area contributed by atoms with Gasteiger partial charge in [-0.2, -0.15) is 0 Å². The number of rotatable bonds is 29. The molecule has 3 N–H and O–H groups in total. The number of hydrogen-bond donors (Lipinski definition) is 2. The van der Waals surface area contributed by atoms with Crippen molar-refractivity contribution in [1.29, 1.82) is 0 Å². The van der Waals surface area contributed by atoms with Crippen molar-refractivity contribution < 1.29 is 9.59 Å². The number of unbranched alkanes of at least 4 members (excludes halogenated alkanes) is 16. The lowest BCUT2D eigenvalue weighted by Crippen LogP contribution is -2.40. The summed E-state index contributed by atoms with van der Waals surface area (Å²) in [4.78, 5) is 23.8. The van der Waals surface area contributed by atoms with Gasteiger partial charge in [-0.1, -0.05) is 175 Å². The van der Waals surface area contributed by atoms with Crippen LogP contribution in [0.3, 0.4) is 0 Å². The second kappa shape index (κ2) is 27.7. The molecule has 0 aromatic heterocycles. The van der Waals surface area contributed by atoms with Crippen molar-refractivity contribution >= 4 is 11.8 Å². The Morgan fingerprint density at radius 1 is 0.532 bits per heavy atom. The fourth-order valence-electron chi connectivity index (χ4n) is 9.25. The number of nitrogens with one attached hydrogen (secondary N) is 1. The van der Waals surface area contributed by atoms with Gasteiger partial charge < -0.3 is 11.1 Å². The van der Waals surface area contributed by atoms with Gasteiger partial charge in [-0.05, 0) is 68.1 Å². The van der Waals surface area contributed by atoms with Gasteiger partial charge in [0.2, 0.25) is 11.8 Å². The van der Waals surface area contributed by atoms with E-state index in [-0.39, 0.29) is 5.91 Å². The SMILES string of the molecule is CCCCCCCCC1CC(CCCCCCC(N)=O)C(CCCCCCC(=O)N[C@H]2CCCCC2C)CC1CCCCCCCC. The Balaban J connectivity index is 1.86. The number of primary amides is 1. The van der Waals surface area contributed by atoms with Crippen LogP contribution in [0.2, 0.25) is 0 Å². The van der Waals surface area contributed by atoms with Crippen LogP contribution in [0.5, 0.6) is 0 Å². The third-order valence-corrected chi connectivity index (χ3v) is 12.3. The Labute approximate surface area is 293 Å². The molecule has 2 rings (SSSR count). The van der Waals surface area contributed by atoms with E-state index in [2.05, 4.69) is 26.1 Å². The molecule has 0 spiro atoms. The second-order valence-electron chi connectivity index (χ2n) is 16.4. The standard InChI is InChI=1S/C43H82N2O2/c1-4-6-8-10-12-18-27-37-34-39(29-20-14-16-22-32-42(44)46)40(35-38(37)28-19-13-11-9-7-5-2)30-21-15-17-23-33-43(47)45-41-31-25-24-26-36(41)3/h36-41H,4-35H2,1-3H3,(H2,44,46)(H,45,47)/t36?,37?,38?,39?,40?,41-/m0/s1. The molecular weight excluding hydrogens is 576 g/mol. The van der Waals surface area contributed by atoms with Crippen molar-refractivity contribution in [2.75, 3.05) is 0 Å². The van der Waals surface area contributed by atoms with Crippen LogP contribution in [0, 0.1) is 29.6 Å². The fourth-order valence-corrected chi connectivity index (χ4v) is 9.25. The van der Waals surface area contributed by atoms with Crippen molar-refractivity contribution in [2.24, 2.45) is 35.3 Å². The van der Waals surface area contributed by atoms with Gasteiger partial charge in [0, 0.05) is 18.9 Å². The number of hydrogen-bond acceptors (Lipinski definition) is 2. The highest BCUT2D eigenvalue weighted by Gasteiger charge is 2.35. The van der Waals surface area contributed by atoms with Crippen molar-refractivity contribution in [3.63, 3.8) is 0 Å². The third kappa shape index (κ3) is 20.3. The summed E-state index contributed by atoms with van der Waals surface area (Å²) >= 11 is 0. The van der Waals surface area contributed by atoms with E-state index >= 15 is 0 Å². The van der Waals surface area contributed by atoms with E-state index in [0.29, 0.717) is 30.7 Å². The Morgan fingerprint density at radius 2 is 0.915 bits per heavy atom. The monoisotopic (exact) mass is 659 g/mol. The zero-order valence-electron chi connectivity index (χ0n) is 32.0. The van der Waals surface area contributed by atoms with Crippen LogP contribution < -0.4 is 11.1 Å². The van der Waals surface area contributed by atoms with E-state index < -0.39 is 0 Å². The molecule has 276 valence electrons. The Hall–Kier alpha value is -1.06. The smallest absolute Gasteiger partial charge is 0.220 e. The van der Waals surface area contributed by atoms with Crippen LogP contribution in [-0.2, 0) is 9.59 Å². The maximum Gasteiger partial charge on any atom is 0.220 e. The van der Waals surface area contributed by atoms with E-state index in [9.17, 15) is 9.59 Å². The van der Waals surface area contributed by atoms with E-state index in [1.807, 2.05) is 0 Å². The highest BCUT2D eigenvalue weighted by atomic mass is 16.2. The first-order valence-electron chi connectivity index (χ1n) is 21.5. The van der Waals surface area contributed by atoms with Crippen LogP contribution >= 0.6 is 0 Å². The molecule has 0 aliphatic heterocycles. The molecule has 0 bridgehead atoms. The first-order valence-corrected chi connectivity index (χ1v) is 21.5. The zero-order chi connectivity index (χ0) is 34.0. The van der Waals surface area contributed by atoms with Gasteiger partial charge in [0.15, 0.2) is 0 Å². The summed E-state index contributed by atoms with van der Waals surface area (Å²) in [5.41, 5.74) is 5.39. The normalized spacial score (nSPS) is 24.7. The average Bonchev–Trinajstić information content (AvgIpc) is 3.05. The Morgan fingerprint density at radius 3 is 1.34 bits per heavy atom. The van der Waals surface area contributed by atoms with E-state index in [0.717, 1.165) is 42.9 Å². The van der Waals surface area contributed by atoms with Crippen LogP contribution in [0.4, 0.5) is 0 Å². The van der Waals surface area contributed by atoms with Crippen molar-refractivity contribution in [3.8, 4) is 0 Å². The summed E-state index contributed by atoms with van der Waals surface area (Å²) in [7, 11) is 0. The summed E-state index contributed by atoms with van der Waals surface area (Å²) in [5.74, 6) is 4.45. The summed E-state index contributed by atoms with van der Waals surface area (Å²) in [6.07, 6.45) is 41.5. The van der Waals surface area contributed by atoms with E-state index in [1.165, 1.54) is 173 Å². The lowest BCUT2D eigenvalue weighted by atomic mass is 9.63. The van der Waals surface area contributed by atoms with Gasteiger partial charge >= 0.3 is 0 Å². The quantitative estimate of drug-likeness (QED) is 0.0785. The second-order valence-corrected chi connectivity index (χ2v) is 16.4. The van der Waals surface area contributed by atoms with Gasteiger partial charge in [0.05, 0.1) is 0 Å². The molecule has 2 aliphatic rings. The van der Waals surface area contributed by atoms with E-state index in [1.54, 1.807) is 0 Å². The molecule has 2 amide bonds. The minimum Gasteiger partial charge on any atom is -0.370 e. The number of carbonyl (C=O) groups is 2. The molecule has 0 heterocycles. The molecule has 47 heavy (non-hydrogen) atoms. The molecule has 5 unspecified atom stereocenters. The van der Waals surface area contributed by atoms with Crippen molar-refractivity contribution in [2.45, 2.75) is 232 Å². The molecule has 2 aliphatic carbocycles. The van der Waals surface area contributed by atoms with E-state index in [4.69, 9.17) is 5.73 Å². The average molecular weight is 659 g/mol. The van der Waals surface area contributed by atoms with Gasteiger partial charge in [0.25, 0.3) is 0 Å². The highest BCUT2D eigenvalue weighted by Crippen LogP contribution is 2.46. The summed E-state index contributed by atoms with van der Waals surface area (Å²) in [6.45, 7) is 6.95. The minimum absolute atomic E-state index is 0.147. The molecule has 0 aromatic rings. The van der Waals surface area contributed by atoms with Gasteiger partial charge in [-0.15, -0.1) is 0 Å². The molecule has 0 aromatic carbocycles. The fraction of sp³-hybridized carbons (Fsp3) is 0.953. The molecule has 0 radical (unpaired) electrons. The lowest BCUT2D eigenvalue weighted by Gasteiger charge is -2.42. The first kappa shape index (κ1) is 42.1. The zero-order valence-corrected chi connectivity index (χ0v) is 32.0. The highest BCUT2D eigenvalue weighted by molar-refractivity contribution is 5.76. The van der Waals surface area contributed by atoms with Crippen LogP contribution in [0.1, 0.15) is 226 Å². The minimum atomic E-state index is -0.147. The lowest BCUT2D eigenvalue weighted by molar-refractivity contribution is -0.122. The maximum atomic E-state index is 12.6. The topological polar surface area (TPSA) is 72.2 Å². The van der Waals surface area contributed by atoms with Crippen LogP contribution in [0.25, 0.3) is 0 Å². The largest absolute Gasteiger partial charge is 0.370 e. The van der Waals surface area contributed by atoms with Crippen molar-refractivity contribution in [3.05, 3.63) is 0 Å². The van der Waals surface area contributed by atoms with Crippen LogP contribution in [0.15, 0.2) is 0 Å². The van der Waals surface area contributed by atoms with Crippen LogP contribution in [-0.4, -0.2) is 17.9 Å². The molecule has 2 saturated carbocycles. The predicted octanol–water partition coefficient (Wildman–Crippen LogP) is 12.6. The molecule has 4 heteroatoms. The summed E-state index contributed by atoms with van der Waals surface area (Å²) < 4.78 is 0. The summed E-state index contributed by atoms with van der Waals surface area (Å²) in [6, 6.07) is 0.414. The maximum absolute atomic E-state index is 12.6. The molecule has 2 fully saturated rings. The Kier molecular flexibility index (Phi) is 24.8. The summed E-state index contributed by atoms with van der Waals surface area (Å²) in [5, 5.41) is 3.36. The molecule has 0 saturated heterocycles. The molecular formula is C43H82N2O2. The molecule has 6 atom stereocenters. The van der Waals surface area contributed by atoms with Gasteiger partial charge in [-0.25, -0.2) is 0 Å². The number of amides is 2.